The van der Waals surface area contributed by atoms with Crippen LogP contribution in [0.4, 0.5) is 23.1 Å². The highest BCUT2D eigenvalue weighted by Crippen LogP contribution is 2.26. The van der Waals surface area contributed by atoms with E-state index in [0.717, 1.165) is 21.7 Å². The molecule has 2 N–H and O–H groups in total. The summed E-state index contributed by atoms with van der Waals surface area (Å²) in [5, 5.41) is 6.60. The third-order valence-electron chi connectivity index (χ3n) is 3.60. The van der Waals surface area contributed by atoms with Crippen LogP contribution in [0, 0.1) is 0 Å². The van der Waals surface area contributed by atoms with Gasteiger partial charge in [0, 0.05) is 22.0 Å². The van der Waals surface area contributed by atoms with E-state index in [0.29, 0.717) is 11.9 Å². The Balaban J connectivity index is 1.80. The van der Waals surface area contributed by atoms with Gasteiger partial charge in [-0.25, -0.2) is 4.98 Å². The molecule has 3 aromatic rings. The highest BCUT2D eigenvalue weighted by atomic mass is 79.9. The molecule has 24 heavy (non-hydrogen) atoms. The molecule has 0 aliphatic rings. The zero-order chi connectivity index (χ0) is 16.9. The highest BCUT2D eigenvalue weighted by Gasteiger charge is 2.07. The Bertz CT molecular complexity index is 816. The van der Waals surface area contributed by atoms with Gasteiger partial charge in [0.05, 0.1) is 0 Å². The predicted molar refractivity (Wildman–Crippen MR) is 103 cm³/mol. The van der Waals surface area contributed by atoms with Gasteiger partial charge in [-0.3, -0.25) is 0 Å². The average Bonchev–Trinajstić information content (AvgIpc) is 2.58. The van der Waals surface area contributed by atoms with Crippen LogP contribution in [0.2, 0.25) is 0 Å². The Hall–Kier alpha value is -2.40. The summed E-state index contributed by atoms with van der Waals surface area (Å²) in [6.45, 7) is 4.35. The fourth-order valence-corrected chi connectivity index (χ4v) is 2.67. The molecule has 0 saturated heterocycles. The molecule has 2 aromatic carbocycles. The van der Waals surface area contributed by atoms with Crippen LogP contribution in [-0.2, 0) is 0 Å². The number of nitrogens with zero attached hydrogens (tertiary/aromatic N) is 2. The molecule has 0 aliphatic carbocycles. The van der Waals surface area contributed by atoms with Gasteiger partial charge >= 0.3 is 0 Å². The molecular formula is C19H19BrN4. The molecule has 0 radical (unpaired) electrons. The number of halogens is 1. The Morgan fingerprint density at radius 1 is 0.917 bits per heavy atom. The standard InChI is InChI=1S/C19H19BrN4/c1-13(2)16-5-3-4-6-17(16)23-19-21-12-11-18(24-19)22-15-9-7-14(20)8-10-15/h3-13H,1-2H3,(H2,21,22,23,24). The molecule has 0 amide bonds. The smallest absolute Gasteiger partial charge is 0.229 e. The molecule has 1 aromatic heterocycles. The number of para-hydroxylation sites is 1. The lowest BCUT2D eigenvalue weighted by Crippen LogP contribution is -2.03. The maximum Gasteiger partial charge on any atom is 0.229 e. The molecule has 0 unspecified atom stereocenters. The van der Waals surface area contributed by atoms with Gasteiger partial charge in [0.1, 0.15) is 5.82 Å². The van der Waals surface area contributed by atoms with Crippen LogP contribution in [-0.4, -0.2) is 9.97 Å². The number of nitrogens with one attached hydrogen (secondary N) is 2. The van der Waals surface area contributed by atoms with Crippen LogP contribution in [0.25, 0.3) is 0 Å². The van der Waals surface area contributed by atoms with Gasteiger partial charge in [0.15, 0.2) is 0 Å². The number of anilines is 4. The van der Waals surface area contributed by atoms with E-state index in [9.17, 15) is 0 Å². The summed E-state index contributed by atoms with van der Waals surface area (Å²) < 4.78 is 1.04. The summed E-state index contributed by atoms with van der Waals surface area (Å²) in [7, 11) is 0. The Labute approximate surface area is 150 Å². The fraction of sp³-hybridized carbons (Fsp3) is 0.158. The molecule has 0 atom stereocenters. The molecule has 0 saturated carbocycles. The van der Waals surface area contributed by atoms with E-state index in [2.05, 4.69) is 56.4 Å². The van der Waals surface area contributed by atoms with Crippen LogP contribution >= 0.6 is 15.9 Å². The number of hydrogen-bond donors (Lipinski definition) is 2. The molecule has 3 rings (SSSR count). The van der Waals surface area contributed by atoms with Gasteiger partial charge in [-0.05, 0) is 47.9 Å². The van der Waals surface area contributed by atoms with E-state index in [4.69, 9.17) is 0 Å². The molecule has 0 bridgehead atoms. The van der Waals surface area contributed by atoms with Crippen LogP contribution < -0.4 is 10.6 Å². The van der Waals surface area contributed by atoms with Crippen molar-refractivity contribution in [3.05, 3.63) is 70.8 Å². The van der Waals surface area contributed by atoms with Crippen molar-refractivity contribution in [3.63, 3.8) is 0 Å². The first kappa shape index (κ1) is 16.5. The molecule has 4 nitrogen and oxygen atoms in total. The zero-order valence-electron chi connectivity index (χ0n) is 13.6. The number of aromatic nitrogens is 2. The minimum atomic E-state index is 0.428. The van der Waals surface area contributed by atoms with Gasteiger partial charge < -0.3 is 10.6 Å². The van der Waals surface area contributed by atoms with Gasteiger partial charge in [0.25, 0.3) is 0 Å². The molecule has 122 valence electrons. The Morgan fingerprint density at radius 2 is 1.67 bits per heavy atom. The summed E-state index contributed by atoms with van der Waals surface area (Å²) in [4.78, 5) is 8.86. The van der Waals surface area contributed by atoms with Gasteiger partial charge in [-0.15, -0.1) is 0 Å². The first-order chi connectivity index (χ1) is 11.6. The van der Waals surface area contributed by atoms with E-state index >= 15 is 0 Å². The second-order valence-corrected chi connectivity index (χ2v) is 6.68. The van der Waals surface area contributed by atoms with Crippen LogP contribution in [0.15, 0.2) is 65.3 Å². The van der Waals surface area contributed by atoms with E-state index in [1.165, 1.54) is 5.56 Å². The van der Waals surface area contributed by atoms with Crippen molar-refractivity contribution in [2.75, 3.05) is 10.6 Å². The van der Waals surface area contributed by atoms with Crippen molar-refractivity contribution in [2.24, 2.45) is 0 Å². The summed E-state index contributed by atoms with van der Waals surface area (Å²) in [6, 6.07) is 18.0. The zero-order valence-corrected chi connectivity index (χ0v) is 15.2. The van der Waals surface area contributed by atoms with E-state index in [-0.39, 0.29) is 0 Å². The minimum Gasteiger partial charge on any atom is -0.340 e. The van der Waals surface area contributed by atoms with Crippen LogP contribution in [0.1, 0.15) is 25.3 Å². The fourth-order valence-electron chi connectivity index (χ4n) is 2.40. The Kier molecular flexibility index (Phi) is 5.11. The van der Waals surface area contributed by atoms with Crippen molar-refractivity contribution in [1.29, 1.82) is 0 Å². The van der Waals surface area contributed by atoms with Gasteiger partial charge in [-0.1, -0.05) is 48.0 Å². The van der Waals surface area contributed by atoms with E-state index < -0.39 is 0 Å². The number of benzene rings is 2. The minimum absolute atomic E-state index is 0.428. The van der Waals surface area contributed by atoms with Gasteiger partial charge in [0.2, 0.25) is 5.95 Å². The quantitative estimate of drug-likeness (QED) is 0.580. The molecule has 0 aliphatic heterocycles. The lowest BCUT2D eigenvalue weighted by molar-refractivity contribution is 0.868. The summed E-state index contributed by atoms with van der Waals surface area (Å²) in [6.07, 6.45) is 1.74. The molecule has 5 heteroatoms. The van der Waals surface area contributed by atoms with Crippen LogP contribution in [0.5, 0.6) is 0 Å². The van der Waals surface area contributed by atoms with Crippen LogP contribution in [0.3, 0.4) is 0 Å². The topological polar surface area (TPSA) is 49.8 Å². The predicted octanol–water partition coefficient (Wildman–Crippen LogP) is 5.85. The molecule has 0 spiro atoms. The molecule has 0 fully saturated rings. The second kappa shape index (κ2) is 7.45. The first-order valence-corrected chi connectivity index (χ1v) is 8.63. The van der Waals surface area contributed by atoms with Crippen molar-refractivity contribution in [3.8, 4) is 0 Å². The maximum atomic E-state index is 4.54. The van der Waals surface area contributed by atoms with E-state index in [1.54, 1.807) is 6.20 Å². The molecular weight excluding hydrogens is 364 g/mol. The third kappa shape index (κ3) is 4.11. The Morgan fingerprint density at radius 3 is 2.42 bits per heavy atom. The number of hydrogen-bond acceptors (Lipinski definition) is 4. The maximum absolute atomic E-state index is 4.54. The summed E-state index contributed by atoms with van der Waals surface area (Å²) >= 11 is 3.43. The normalized spacial score (nSPS) is 10.7. The highest BCUT2D eigenvalue weighted by molar-refractivity contribution is 9.10. The monoisotopic (exact) mass is 382 g/mol. The average molecular weight is 383 g/mol. The summed E-state index contributed by atoms with van der Waals surface area (Å²) in [5.74, 6) is 1.75. The largest absolute Gasteiger partial charge is 0.340 e. The van der Waals surface area contributed by atoms with E-state index in [1.807, 2.05) is 48.5 Å². The molecule has 1 heterocycles. The number of rotatable bonds is 5. The van der Waals surface area contributed by atoms with Crippen molar-refractivity contribution >= 4 is 39.1 Å². The second-order valence-electron chi connectivity index (χ2n) is 5.76. The first-order valence-electron chi connectivity index (χ1n) is 7.83. The van der Waals surface area contributed by atoms with Crippen molar-refractivity contribution in [2.45, 2.75) is 19.8 Å². The lowest BCUT2D eigenvalue weighted by atomic mass is 10.0. The SMILES string of the molecule is CC(C)c1ccccc1Nc1nccc(Nc2ccc(Br)cc2)n1. The summed E-state index contributed by atoms with van der Waals surface area (Å²) in [5.41, 5.74) is 3.26. The van der Waals surface area contributed by atoms with Crippen molar-refractivity contribution in [1.82, 2.24) is 9.97 Å². The van der Waals surface area contributed by atoms with Crippen molar-refractivity contribution < 1.29 is 0 Å². The lowest BCUT2D eigenvalue weighted by Gasteiger charge is -2.14. The van der Waals surface area contributed by atoms with Gasteiger partial charge in [-0.2, -0.15) is 4.98 Å². The third-order valence-corrected chi connectivity index (χ3v) is 4.13.